The lowest BCUT2D eigenvalue weighted by molar-refractivity contribution is -0.129. The minimum absolute atomic E-state index is 0.244. The van der Waals surface area contributed by atoms with E-state index in [1.807, 2.05) is 24.3 Å². The van der Waals surface area contributed by atoms with Crippen LogP contribution in [0.1, 0.15) is 83.4 Å². The molecule has 0 spiro atoms. The molecule has 4 atom stereocenters. The number of carbonyl (C=O) groups is 4. The highest BCUT2D eigenvalue weighted by Gasteiger charge is 2.57. The molecular formula is C31H38N2O4. The fourth-order valence-electron chi connectivity index (χ4n) is 5.81. The molecule has 4 unspecified atom stereocenters. The standard InChI is InChI=1S/C28H30N2O4.C3H8/c1-15(2)16-5-7-17(8-6-16)28(3,4)18-9-11-19(12-10-18)30-26(33)22-13-20-21(14-23(22)27(30)34)25(32)29-24(20)31;1-3-2/h5-12,15,20-23H,13-14H2,1-4H3,(H,29,31,32);3H2,1-2H3. The number of hydrogen-bond acceptors (Lipinski definition) is 4. The van der Waals surface area contributed by atoms with E-state index in [0.29, 0.717) is 11.6 Å². The molecule has 1 saturated carbocycles. The zero-order valence-corrected chi connectivity index (χ0v) is 22.7. The topological polar surface area (TPSA) is 83.6 Å². The lowest BCUT2D eigenvalue weighted by atomic mass is 9.70. The van der Waals surface area contributed by atoms with Crippen molar-refractivity contribution in [2.24, 2.45) is 23.7 Å². The maximum atomic E-state index is 13.2. The largest absolute Gasteiger partial charge is 0.296 e. The second-order valence-electron chi connectivity index (χ2n) is 11.4. The van der Waals surface area contributed by atoms with E-state index in [1.54, 1.807) is 0 Å². The van der Waals surface area contributed by atoms with Gasteiger partial charge in [0.15, 0.2) is 0 Å². The molecule has 0 aromatic heterocycles. The quantitative estimate of drug-likeness (QED) is 0.572. The Bertz CT molecular complexity index is 1160. The molecule has 5 rings (SSSR count). The Balaban J connectivity index is 0.00000102. The summed E-state index contributed by atoms with van der Waals surface area (Å²) in [6.45, 7) is 12.9. The minimum atomic E-state index is -0.541. The van der Waals surface area contributed by atoms with Gasteiger partial charge in [0, 0.05) is 5.41 Å². The minimum Gasteiger partial charge on any atom is -0.296 e. The van der Waals surface area contributed by atoms with Gasteiger partial charge >= 0.3 is 0 Å². The second kappa shape index (κ2) is 10.2. The number of anilines is 1. The second-order valence-corrected chi connectivity index (χ2v) is 11.4. The highest BCUT2D eigenvalue weighted by Crippen LogP contribution is 2.46. The van der Waals surface area contributed by atoms with Gasteiger partial charge in [0.1, 0.15) is 0 Å². The Hall–Kier alpha value is -3.28. The molecule has 4 amide bonds. The number of benzene rings is 2. The van der Waals surface area contributed by atoms with E-state index in [1.165, 1.54) is 22.4 Å². The molecule has 0 radical (unpaired) electrons. The number of nitrogens with zero attached hydrogens (tertiary/aromatic N) is 1. The fraction of sp³-hybridized carbons (Fsp3) is 0.484. The number of hydrogen-bond donors (Lipinski definition) is 1. The van der Waals surface area contributed by atoms with Gasteiger partial charge in [0.25, 0.3) is 0 Å². The van der Waals surface area contributed by atoms with Crippen molar-refractivity contribution >= 4 is 29.3 Å². The van der Waals surface area contributed by atoms with Gasteiger partial charge in [0.2, 0.25) is 23.6 Å². The molecule has 2 aromatic carbocycles. The SMILES string of the molecule is CC(C)c1ccc(C(C)(C)c2ccc(N3C(=O)C4CC5C(=O)NC(=O)C5CC4C3=O)cc2)cc1.CCC. The Morgan fingerprint density at radius 1 is 0.757 bits per heavy atom. The van der Waals surface area contributed by atoms with Gasteiger partial charge in [-0.1, -0.05) is 84.4 Å². The normalized spacial score (nSPS) is 25.0. The first-order valence-electron chi connectivity index (χ1n) is 13.4. The average Bonchev–Trinajstić information content (AvgIpc) is 3.29. The van der Waals surface area contributed by atoms with E-state index in [9.17, 15) is 19.2 Å². The molecule has 3 aliphatic rings. The summed E-state index contributed by atoms with van der Waals surface area (Å²) >= 11 is 0. The maximum Gasteiger partial charge on any atom is 0.237 e. The Kier molecular flexibility index (Phi) is 7.40. The van der Waals surface area contributed by atoms with Gasteiger partial charge < -0.3 is 0 Å². The molecule has 2 saturated heterocycles. The lowest BCUT2D eigenvalue weighted by Gasteiger charge is -2.28. The van der Waals surface area contributed by atoms with Gasteiger partial charge in [0.05, 0.1) is 29.4 Å². The Labute approximate surface area is 219 Å². The van der Waals surface area contributed by atoms with E-state index in [0.717, 1.165) is 5.56 Å². The van der Waals surface area contributed by atoms with Gasteiger partial charge in [-0.3, -0.25) is 29.4 Å². The summed E-state index contributed by atoms with van der Waals surface area (Å²) in [4.78, 5) is 51.9. The van der Waals surface area contributed by atoms with Crippen molar-refractivity contribution in [2.45, 2.75) is 72.1 Å². The van der Waals surface area contributed by atoms with Crippen LogP contribution >= 0.6 is 0 Å². The molecule has 3 fully saturated rings. The number of nitrogens with one attached hydrogen (secondary N) is 1. The van der Waals surface area contributed by atoms with E-state index in [2.05, 4.69) is 71.1 Å². The summed E-state index contributed by atoms with van der Waals surface area (Å²) in [6, 6.07) is 16.3. The average molecular weight is 503 g/mol. The third-order valence-electron chi connectivity index (χ3n) is 8.13. The number of rotatable bonds is 4. The molecule has 6 nitrogen and oxygen atoms in total. The predicted octanol–water partition coefficient (Wildman–Crippen LogP) is 5.34. The lowest BCUT2D eigenvalue weighted by Crippen LogP contribution is -2.35. The van der Waals surface area contributed by atoms with Crippen LogP contribution in [-0.4, -0.2) is 23.6 Å². The van der Waals surface area contributed by atoms with Crippen molar-refractivity contribution in [3.05, 3.63) is 65.2 Å². The smallest absolute Gasteiger partial charge is 0.237 e. The number of amides is 4. The zero-order chi connectivity index (χ0) is 27.1. The van der Waals surface area contributed by atoms with Gasteiger partial charge in [-0.2, -0.15) is 0 Å². The van der Waals surface area contributed by atoms with Crippen LogP contribution in [0.4, 0.5) is 5.69 Å². The van der Waals surface area contributed by atoms with Crippen LogP contribution in [0.3, 0.4) is 0 Å². The maximum absolute atomic E-state index is 13.2. The molecule has 1 aliphatic carbocycles. The summed E-state index contributed by atoms with van der Waals surface area (Å²) in [5.74, 6) is -2.79. The zero-order valence-electron chi connectivity index (χ0n) is 22.7. The molecule has 2 heterocycles. The molecule has 1 N–H and O–H groups in total. The van der Waals surface area contributed by atoms with E-state index in [-0.39, 0.29) is 41.9 Å². The first-order valence-corrected chi connectivity index (χ1v) is 13.4. The summed E-state index contributed by atoms with van der Waals surface area (Å²) < 4.78 is 0. The van der Waals surface area contributed by atoms with Gasteiger partial charge in [-0.05, 0) is 47.6 Å². The summed E-state index contributed by atoms with van der Waals surface area (Å²) in [5, 5.41) is 2.35. The van der Waals surface area contributed by atoms with Crippen LogP contribution in [0.2, 0.25) is 0 Å². The van der Waals surface area contributed by atoms with Gasteiger partial charge in [-0.15, -0.1) is 0 Å². The first kappa shape index (κ1) is 26.8. The Morgan fingerprint density at radius 2 is 1.16 bits per heavy atom. The van der Waals surface area contributed by atoms with Crippen molar-refractivity contribution in [3.8, 4) is 0 Å². The van der Waals surface area contributed by atoms with Crippen LogP contribution in [0, 0.1) is 23.7 Å². The van der Waals surface area contributed by atoms with Crippen molar-refractivity contribution in [1.82, 2.24) is 5.32 Å². The van der Waals surface area contributed by atoms with Crippen LogP contribution in [0.5, 0.6) is 0 Å². The van der Waals surface area contributed by atoms with Crippen molar-refractivity contribution in [1.29, 1.82) is 0 Å². The van der Waals surface area contributed by atoms with Crippen molar-refractivity contribution in [2.75, 3.05) is 4.90 Å². The molecule has 37 heavy (non-hydrogen) atoms. The first-order chi connectivity index (χ1) is 17.5. The number of fused-ring (bicyclic) bond motifs is 2. The third-order valence-corrected chi connectivity index (χ3v) is 8.13. The van der Waals surface area contributed by atoms with Crippen molar-refractivity contribution in [3.63, 3.8) is 0 Å². The third kappa shape index (κ3) is 4.74. The predicted molar refractivity (Wildman–Crippen MR) is 144 cm³/mol. The van der Waals surface area contributed by atoms with Crippen LogP contribution < -0.4 is 10.2 Å². The fourth-order valence-corrected chi connectivity index (χ4v) is 5.81. The molecular weight excluding hydrogens is 464 g/mol. The molecule has 6 heteroatoms. The van der Waals surface area contributed by atoms with Crippen molar-refractivity contribution < 1.29 is 19.2 Å². The van der Waals surface area contributed by atoms with E-state index < -0.39 is 23.7 Å². The molecule has 2 aromatic rings. The van der Waals surface area contributed by atoms with E-state index in [4.69, 9.17) is 0 Å². The van der Waals surface area contributed by atoms with Crippen LogP contribution in [-0.2, 0) is 24.6 Å². The summed E-state index contributed by atoms with van der Waals surface area (Å²) in [7, 11) is 0. The van der Waals surface area contributed by atoms with E-state index >= 15 is 0 Å². The monoisotopic (exact) mass is 502 g/mol. The highest BCUT2D eigenvalue weighted by atomic mass is 16.2. The van der Waals surface area contributed by atoms with Crippen LogP contribution in [0.15, 0.2) is 48.5 Å². The summed E-state index contributed by atoms with van der Waals surface area (Å²) in [5.41, 5.74) is 3.87. The highest BCUT2D eigenvalue weighted by molar-refractivity contribution is 6.22. The van der Waals surface area contributed by atoms with Gasteiger partial charge in [-0.25, -0.2) is 0 Å². The summed E-state index contributed by atoms with van der Waals surface area (Å²) in [6.07, 6.45) is 1.76. The van der Waals surface area contributed by atoms with Crippen LogP contribution in [0.25, 0.3) is 0 Å². The number of imide groups is 2. The molecule has 196 valence electrons. The molecule has 0 bridgehead atoms. The molecule has 2 aliphatic heterocycles. The Morgan fingerprint density at radius 3 is 1.57 bits per heavy atom. The number of carbonyl (C=O) groups excluding carboxylic acids is 4.